The lowest BCUT2D eigenvalue weighted by Gasteiger charge is -2.39. The molecule has 0 aliphatic carbocycles. The summed E-state index contributed by atoms with van der Waals surface area (Å²) in [4.78, 5) is 19.4. The summed E-state index contributed by atoms with van der Waals surface area (Å²) in [6.45, 7) is 12.6. The first-order chi connectivity index (χ1) is 10.6. The van der Waals surface area contributed by atoms with E-state index in [1.807, 2.05) is 18.7 Å². The molecule has 3 unspecified atom stereocenters. The summed E-state index contributed by atoms with van der Waals surface area (Å²) < 4.78 is 5.71. The molecule has 0 aromatic heterocycles. The second-order valence-electron chi connectivity index (χ2n) is 7.01. The minimum Gasteiger partial charge on any atom is -0.372 e. The predicted molar refractivity (Wildman–Crippen MR) is 93.1 cm³/mol. The maximum atomic E-state index is 12.5. The number of ether oxygens (including phenoxy) is 1. The second kappa shape index (κ2) is 8.62. The van der Waals surface area contributed by atoms with Gasteiger partial charge in [0.1, 0.15) is 0 Å². The quantitative estimate of drug-likeness (QED) is 0.781. The van der Waals surface area contributed by atoms with Crippen LogP contribution in [0.3, 0.4) is 0 Å². The van der Waals surface area contributed by atoms with E-state index in [0.29, 0.717) is 12.6 Å². The van der Waals surface area contributed by atoms with Gasteiger partial charge in [-0.15, -0.1) is 12.4 Å². The van der Waals surface area contributed by atoms with Gasteiger partial charge in [0.25, 0.3) is 0 Å². The van der Waals surface area contributed by atoms with Crippen LogP contribution in [0.4, 0.5) is 0 Å². The Morgan fingerprint density at radius 3 is 2.35 bits per heavy atom. The van der Waals surface area contributed by atoms with Crippen LogP contribution in [-0.4, -0.2) is 97.8 Å². The van der Waals surface area contributed by atoms with E-state index in [0.717, 1.165) is 52.4 Å². The van der Waals surface area contributed by atoms with Gasteiger partial charge in [0.05, 0.1) is 18.8 Å². The first-order valence-corrected chi connectivity index (χ1v) is 8.72. The lowest BCUT2D eigenvalue weighted by atomic mass is 10.2. The van der Waals surface area contributed by atoms with E-state index < -0.39 is 0 Å². The average molecular weight is 347 g/mol. The van der Waals surface area contributed by atoms with Crippen LogP contribution in [0.15, 0.2) is 0 Å². The molecule has 1 amide bonds. The molecule has 0 bridgehead atoms. The highest BCUT2D eigenvalue weighted by molar-refractivity contribution is 5.85. The van der Waals surface area contributed by atoms with Gasteiger partial charge in [-0.3, -0.25) is 14.6 Å². The molecule has 6 nitrogen and oxygen atoms in total. The fourth-order valence-electron chi connectivity index (χ4n) is 3.91. The Labute approximate surface area is 145 Å². The molecule has 134 valence electrons. The zero-order valence-corrected chi connectivity index (χ0v) is 15.2. The van der Waals surface area contributed by atoms with Gasteiger partial charge in [-0.2, -0.15) is 0 Å². The van der Waals surface area contributed by atoms with Crippen molar-refractivity contribution in [3.63, 3.8) is 0 Å². The van der Waals surface area contributed by atoms with Crippen LogP contribution in [-0.2, 0) is 9.53 Å². The molecule has 0 aromatic carbocycles. The number of piperazine rings is 1. The number of hydrogen-bond acceptors (Lipinski definition) is 5. The van der Waals surface area contributed by atoms with Crippen molar-refractivity contribution in [1.29, 1.82) is 0 Å². The maximum absolute atomic E-state index is 12.5. The first kappa shape index (κ1) is 18.9. The standard InChI is InChI=1S/C16H30N4O2.ClH/c1-13-10-20(11-14(2)22-13)16(21)12-18-5-7-19(8-6-18)15-3-4-17-9-15;/h13-15,17H,3-12H2,1-2H3;1H. The molecule has 3 atom stereocenters. The number of nitrogens with zero attached hydrogens (tertiary/aromatic N) is 3. The van der Waals surface area contributed by atoms with E-state index in [1.54, 1.807) is 0 Å². The van der Waals surface area contributed by atoms with E-state index in [2.05, 4.69) is 15.1 Å². The number of amides is 1. The summed E-state index contributed by atoms with van der Waals surface area (Å²) in [5.41, 5.74) is 0. The molecule has 3 fully saturated rings. The van der Waals surface area contributed by atoms with Crippen molar-refractivity contribution in [2.75, 3.05) is 58.9 Å². The van der Waals surface area contributed by atoms with Crippen molar-refractivity contribution in [2.24, 2.45) is 0 Å². The van der Waals surface area contributed by atoms with Crippen LogP contribution in [0.5, 0.6) is 0 Å². The van der Waals surface area contributed by atoms with Crippen LogP contribution >= 0.6 is 12.4 Å². The molecule has 3 heterocycles. The summed E-state index contributed by atoms with van der Waals surface area (Å²) >= 11 is 0. The molecule has 0 radical (unpaired) electrons. The average Bonchev–Trinajstić information content (AvgIpc) is 3.01. The van der Waals surface area contributed by atoms with Gasteiger partial charge in [0, 0.05) is 51.9 Å². The maximum Gasteiger partial charge on any atom is 0.236 e. The summed E-state index contributed by atoms with van der Waals surface area (Å²) in [6, 6.07) is 0.707. The van der Waals surface area contributed by atoms with E-state index in [1.165, 1.54) is 6.42 Å². The van der Waals surface area contributed by atoms with Crippen molar-refractivity contribution in [1.82, 2.24) is 20.0 Å². The van der Waals surface area contributed by atoms with Crippen molar-refractivity contribution in [3.8, 4) is 0 Å². The third-order valence-corrected chi connectivity index (χ3v) is 5.09. The number of halogens is 1. The summed E-state index contributed by atoms with van der Waals surface area (Å²) in [5.74, 6) is 0.262. The van der Waals surface area contributed by atoms with Crippen molar-refractivity contribution in [3.05, 3.63) is 0 Å². The van der Waals surface area contributed by atoms with Gasteiger partial charge in [-0.1, -0.05) is 0 Å². The zero-order valence-electron chi connectivity index (χ0n) is 14.4. The summed E-state index contributed by atoms with van der Waals surface area (Å²) in [6.07, 6.45) is 1.57. The largest absolute Gasteiger partial charge is 0.372 e. The molecule has 0 aromatic rings. The third-order valence-electron chi connectivity index (χ3n) is 5.09. The van der Waals surface area contributed by atoms with Crippen molar-refractivity contribution in [2.45, 2.75) is 38.5 Å². The number of nitrogens with one attached hydrogen (secondary N) is 1. The smallest absolute Gasteiger partial charge is 0.236 e. The SMILES string of the molecule is CC1CN(C(=O)CN2CCN(C3CCNC3)CC2)CC(C)O1.Cl. The lowest BCUT2D eigenvalue weighted by molar-refractivity contribution is -0.144. The highest BCUT2D eigenvalue weighted by Gasteiger charge is 2.29. The summed E-state index contributed by atoms with van der Waals surface area (Å²) in [5, 5.41) is 3.44. The number of morpholine rings is 1. The van der Waals surface area contributed by atoms with Crippen LogP contribution in [0.1, 0.15) is 20.3 Å². The lowest BCUT2D eigenvalue weighted by Crippen LogP contribution is -2.55. The molecular weight excluding hydrogens is 316 g/mol. The fourth-order valence-corrected chi connectivity index (χ4v) is 3.91. The Morgan fingerprint density at radius 1 is 1.13 bits per heavy atom. The number of rotatable bonds is 3. The Kier molecular flexibility index (Phi) is 7.10. The van der Waals surface area contributed by atoms with Crippen LogP contribution in [0.2, 0.25) is 0 Å². The molecule has 0 spiro atoms. The normalized spacial score (nSPS) is 33.5. The van der Waals surface area contributed by atoms with Gasteiger partial charge in [-0.25, -0.2) is 0 Å². The number of carbonyl (C=O) groups is 1. The molecule has 3 aliphatic heterocycles. The molecule has 1 N–H and O–H groups in total. The van der Waals surface area contributed by atoms with Crippen molar-refractivity contribution < 1.29 is 9.53 Å². The minimum absolute atomic E-state index is 0. The Balaban J connectivity index is 0.00000192. The van der Waals surface area contributed by atoms with Gasteiger partial charge < -0.3 is 15.0 Å². The number of hydrogen-bond donors (Lipinski definition) is 1. The second-order valence-corrected chi connectivity index (χ2v) is 7.01. The van der Waals surface area contributed by atoms with Gasteiger partial charge in [0.15, 0.2) is 0 Å². The molecular formula is C16H31ClN4O2. The topological polar surface area (TPSA) is 48.1 Å². The van der Waals surface area contributed by atoms with E-state index >= 15 is 0 Å². The number of carbonyl (C=O) groups excluding carboxylic acids is 1. The van der Waals surface area contributed by atoms with E-state index in [9.17, 15) is 4.79 Å². The van der Waals surface area contributed by atoms with Gasteiger partial charge >= 0.3 is 0 Å². The monoisotopic (exact) mass is 346 g/mol. The zero-order chi connectivity index (χ0) is 15.5. The molecule has 0 saturated carbocycles. The van der Waals surface area contributed by atoms with E-state index in [-0.39, 0.29) is 30.5 Å². The molecule has 3 aliphatic rings. The summed E-state index contributed by atoms with van der Waals surface area (Å²) in [7, 11) is 0. The molecule has 23 heavy (non-hydrogen) atoms. The van der Waals surface area contributed by atoms with E-state index in [4.69, 9.17) is 4.74 Å². The molecule has 3 saturated heterocycles. The Bertz CT molecular complexity index is 374. The predicted octanol–water partition coefficient (Wildman–Crippen LogP) is 0.0235. The van der Waals surface area contributed by atoms with Gasteiger partial charge in [-0.05, 0) is 26.8 Å². The molecule has 7 heteroatoms. The van der Waals surface area contributed by atoms with Crippen LogP contribution in [0.25, 0.3) is 0 Å². The highest BCUT2D eigenvalue weighted by Crippen LogP contribution is 2.14. The Hall–Kier alpha value is -0.400. The van der Waals surface area contributed by atoms with Gasteiger partial charge in [0.2, 0.25) is 5.91 Å². The fraction of sp³-hybridized carbons (Fsp3) is 0.938. The van der Waals surface area contributed by atoms with Crippen LogP contribution in [0, 0.1) is 0 Å². The molecule has 3 rings (SSSR count). The first-order valence-electron chi connectivity index (χ1n) is 8.72. The minimum atomic E-state index is 0. The van der Waals surface area contributed by atoms with Crippen molar-refractivity contribution >= 4 is 18.3 Å². The van der Waals surface area contributed by atoms with Crippen LogP contribution < -0.4 is 5.32 Å². The third kappa shape index (κ3) is 5.03. The Morgan fingerprint density at radius 2 is 1.78 bits per heavy atom. The highest BCUT2D eigenvalue weighted by atomic mass is 35.5.